The maximum absolute atomic E-state index is 12.1. The van der Waals surface area contributed by atoms with Crippen LogP contribution in [0, 0.1) is 0 Å². The Morgan fingerprint density at radius 2 is 1.85 bits per heavy atom. The van der Waals surface area contributed by atoms with E-state index in [1.165, 1.54) is 0 Å². The van der Waals surface area contributed by atoms with Crippen LogP contribution >= 0.6 is 11.8 Å². The number of rotatable bonds is 10. The van der Waals surface area contributed by atoms with Gasteiger partial charge in [0, 0.05) is 40.0 Å². The first-order valence-corrected chi connectivity index (χ1v) is 11.5. The lowest BCUT2D eigenvalue weighted by Crippen LogP contribution is -2.19. The molecule has 11 heteroatoms. The molecular weight excluding hydrogens is 442 g/mol. The van der Waals surface area contributed by atoms with E-state index in [1.54, 1.807) is 39.7 Å². The van der Waals surface area contributed by atoms with Crippen LogP contribution in [0.5, 0.6) is 5.75 Å². The molecule has 0 aliphatic heterocycles. The topological polar surface area (TPSA) is 112 Å². The molecule has 4 rings (SSSR count). The number of aryl methyl sites for hydroxylation is 3. The van der Waals surface area contributed by atoms with Crippen molar-refractivity contribution in [3.63, 3.8) is 0 Å². The summed E-state index contributed by atoms with van der Waals surface area (Å²) in [5.74, 6) is 1.56. The fourth-order valence-electron chi connectivity index (χ4n) is 3.50. The summed E-state index contributed by atoms with van der Waals surface area (Å²) in [6.45, 7) is 1.70. The van der Waals surface area contributed by atoms with Crippen molar-refractivity contribution in [3.8, 4) is 5.75 Å². The van der Waals surface area contributed by atoms with Gasteiger partial charge in [0.2, 0.25) is 5.16 Å². The van der Waals surface area contributed by atoms with Gasteiger partial charge in [-0.25, -0.2) is 9.48 Å². The van der Waals surface area contributed by atoms with Crippen molar-refractivity contribution in [2.75, 3.05) is 18.9 Å². The quantitative estimate of drug-likeness (QED) is 0.265. The molecule has 2 aromatic carbocycles. The molecule has 0 amide bonds. The van der Waals surface area contributed by atoms with Crippen molar-refractivity contribution in [2.24, 2.45) is 21.1 Å². The van der Waals surface area contributed by atoms with Gasteiger partial charge in [0.25, 0.3) is 0 Å². The first-order valence-electron chi connectivity index (χ1n) is 10.5. The van der Waals surface area contributed by atoms with Crippen LogP contribution in [-0.2, 0) is 27.7 Å². The summed E-state index contributed by atoms with van der Waals surface area (Å²) in [4.78, 5) is 12.1. The number of nitrogens with zero attached hydrogens (tertiary/aromatic N) is 6. The highest BCUT2D eigenvalue weighted by molar-refractivity contribution is 7.99. The van der Waals surface area contributed by atoms with Gasteiger partial charge < -0.3 is 15.2 Å². The number of thioether (sulfide) groups is 1. The molecule has 2 heterocycles. The average molecular weight is 470 g/mol. The molecule has 4 aromatic rings. The first kappa shape index (κ1) is 23.0. The Hall–Kier alpha value is -3.15. The number of benzene rings is 2. The maximum Gasteiger partial charge on any atom is 0.328 e. The van der Waals surface area contributed by atoms with Crippen LogP contribution in [0.1, 0.15) is 17.2 Å². The van der Waals surface area contributed by atoms with Crippen molar-refractivity contribution in [2.45, 2.75) is 17.8 Å². The highest BCUT2D eigenvalue weighted by Gasteiger charge is 2.13. The number of aliphatic hydroxyl groups is 1. The number of nitrogens with one attached hydrogen (secondary N) is 1. The van der Waals surface area contributed by atoms with Crippen molar-refractivity contribution in [1.82, 2.24) is 34.7 Å². The molecule has 0 aliphatic carbocycles. The summed E-state index contributed by atoms with van der Waals surface area (Å²) < 4.78 is 10.6. The van der Waals surface area contributed by atoms with E-state index in [1.807, 2.05) is 49.5 Å². The van der Waals surface area contributed by atoms with Crippen LogP contribution in [0.2, 0.25) is 0 Å². The molecule has 174 valence electrons. The van der Waals surface area contributed by atoms with Crippen molar-refractivity contribution >= 4 is 22.8 Å². The lowest BCUT2D eigenvalue weighted by atomic mass is 10.1. The van der Waals surface area contributed by atoms with Gasteiger partial charge in [-0.05, 0) is 45.8 Å². The third-order valence-electron chi connectivity index (χ3n) is 5.43. The van der Waals surface area contributed by atoms with E-state index in [0.717, 1.165) is 40.6 Å². The lowest BCUT2D eigenvalue weighted by molar-refractivity contribution is 0.108. The Bertz CT molecular complexity index is 1280. The second-order valence-electron chi connectivity index (χ2n) is 7.73. The first-order chi connectivity index (χ1) is 15.9. The highest BCUT2D eigenvalue weighted by Crippen LogP contribution is 2.21. The van der Waals surface area contributed by atoms with Gasteiger partial charge >= 0.3 is 5.69 Å². The minimum atomic E-state index is -0.798. The largest absolute Gasteiger partial charge is 0.491 e. The summed E-state index contributed by atoms with van der Waals surface area (Å²) in [5.41, 5.74) is 3.36. The second-order valence-corrected chi connectivity index (χ2v) is 8.79. The predicted octanol–water partition coefficient (Wildman–Crippen LogP) is 1.39. The Labute approximate surface area is 195 Å². The van der Waals surface area contributed by atoms with E-state index in [-0.39, 0.29) is 12.3 Å². The van der Waals surface area contributed by atoms with Gasteiger partial charge in [0.15, 0.2) is 0 Å². The summed E-state index contributed by atoms with van der Waals surface area (Å²) in [5, 5.41) is 26.1. The van der Waals surface area contributed by atoms with E-state index in [0.29, 0.717) is 11.3 Å². The SMILES string of the molecule is Cn1nnnc1SCCNCc1ccc(OC[C@@H](O)c2ccc3c(c2)n(C)c(=O)n3C)cc1. The molecule has 0 bridgehead atoms. The van der Waals surface area contributed by atoms with Crippen LogP contribution in [0.3, 0.4) is 0 Å². The van der Waals surface area contributed by atoms with Gasteiger partial charge in [-0.2, -0.15) is 0 Å². The van der Waals surface area contributed by atoms with Crippen LogP contribution in [-0.4, -0.2) is 53.4 Å². The smallest absolute Gasteiger partial charge is 0.328 e. The van der Waals surface area contributed by atoms with Gasteiger partial charge in [0.1, 0.15) is 18.5 Å². The number of aliphatic hydroxyl groups excluding tert-OH is 1. The zero-order valence-corrected chi connectivity index (χ0v) is 19.6. The molecule has 0 unspecified atom stereocenters. The number of hydrogen-bond donors (Lipinski definition) is 2. The predicted molar refractivity (Wildman–Crippen MR) is 126 cm³/mol. The monoisotopic (exact) mass is 469 g/mol. The van der Waals surface area contributed by atoms with Crippen LogP contribution in [0.4, 0.5) is 0 Å². The van der Waals surface area contributed by atoms with Crippen LogP contribution in [0.15, 0.2) is 52.4 Å². The molecule has 0 saturated heterocycles. The zero-order valence-electron chi connectivity index (χ0n) is 18.8. The molecule has 10 nitrogen and oxygen atoms in total. The van der Waals surface area contributed by atoms with E-state index in [4.69, 9.17) is 4.74 Å². The average Bonchev–Trinajstić information content (AvgIpc) is 3.34. The number of hydrogen-bond acceptors (Lipinski definition) is 8. The third kappa shape index (κ3) is 5.27. The number of imidazole rings is 1. The Morgan fingerprint density at radius 1 is 1.09 bits per heavy atom. The van der Waals surface area contributed by atoms with E-state index in [2.05, 4.69) is 20.8 Å². The van der Waals surface area contributed by atoms with Gasteiger partial charge in [0.05, 0.1) is 11.0 Å². The van der Waals surface area contributed by atoms with E-state index >= 15 is 0 Å². The minimum Gasteiger partial charge on any atom is -0.491 e. The molecule has 0 aliphatic rings. The number of tetrazole rings is 1. The van der Waals surface area contributed by atoms with Crippen molar-refractivity contribution in [1.29, 1.82) is 0 Å². The highest BCUT2D eigenvalue weighted by atomic mass is 32.2. The standard InChI is InChI=1S/C22H27N7O3S/c1-27-18-9-6-16(12-19(18)28(2)22(27)31)20(30)14-32-17-7-4-15(5-8-17)13-23-10-11-33-21-24-25-26-29(21)3/h4-9,12,20,23,30H,10-11,13-14H2,1-3H3/t20-/m1/s1. The fourth-order valence-corrected chi connectivity index (χ4v) is 4.24. The molecule has 0 saturated carbocycles. The number of ether oxygens (including phenoxy) is 1. The molecule has 0 fully saturated rings. The fraction of sp³-hybridized carbons (Fsp3) is 0.364. The van der Waals surface area contributed by atoms with Gasteiger partial charge in [-0.15, -0.1) is 5.10 Å². The molecule has 33 heavy (non-hydrogen) atoms. The summed E-state index contributed by atoms with van der Waals surface area (Å²) in [6, 6.07) is 13.3. The van der Waals surface area contributed by atoms with Gasteiger partial charge in [-0.3, -0.25) is 9.13 Å². The lowest BCUT2D eigenvalue weighted by Gasteiger charge is -2.13. The summed E-state index contributed by atoms with van der Waals surface area (Å²) >= 11 is 1.60. The molecular formula is C22H27N7O3S. The Balaban J connectivity index is 1.24. The molecule has 2 aromatic heterocycles. The van der Waals surface area contributed by atoms with E-state index in [9.17, 15) is 9.90 Å². The number of fused-ring (bicyclic) bond motifs is 1. The Kier molecular flexibility index (Phi) is 7.11. The molecule has 1 atom stereocenters. The van der Waals surface area contributed by atoms with E-state index < -0.39 is 6.10 Å². The Morgan fingerprint density at radius 3 is 2.58 bits per heavy atom. The molecule has 0 radical (unpaired) electrons. The summed E-state index contributed by atoms with van der Waals surface area (Å²) in [7, 11) is 5.28. The second kappa shape index (κ2) is 10.2. The summed E-state index contributed by atoms with van der Waals surface area (Å²) in [6.07, 6.45) is -0.798. The van der Waals surface area contributed by atoms with Crippen molar-refractivity contribution < 1.29 is 9.84 Å². The van der Waals surface area contributed by atoms with Crippen LogP contribution < -0.4 is 15.7 Å². The maximum atomic E-state index is 12.1. The zero-order chi connectivity index (χ0) is 23.4. The van der Waals surface area contributed by atoms with Crippen LogP contribution in [0.25, 0.3) is 11.0 Å². The number of aromatic nitrogens is 6. The normalized spacial score (nSPS) is 12.4. The molecule has 0 spiro atoms. The minimum absolute atomic E-state index is 0.0936. The third-order valence-corrected chi connectivity index (χ3v) is 6.44. The van der Waals surface area contributed by atoms with Gasteiger partial charge in [-0.1, -0.05) is 30.0 Å². The molecule has 2 N–H and O–H groups in total. The van der Waals surface area contributed by atoms with Crippen molar-refractivity contribution in [3.05, 3.63) is 64.1 Å².